The highest BCUT2D eigenvalue weighted by atomic mass is 16.5. The molecule has 192 valence electrons. The van der Waals surface area contributed by atoms with Gasteiger partial charge in [-0.1, -0.05) is 30.3 Å². The zero-order chi connectivity index (χ0) is 25.6. The Balaban J connectivity index is 0.000000355. The molecule has 0 aliphatic rings. The fourth-order valence-corrected chi connectivity index (χ4v) is 2.52. The monoisotopic (exact) mass is 488 g/mol. The Morgan fingerprint density at radius 3 is 1.69 bits per heavy atom. The fraction of sp³-hybridized carbons (Fsp3) is 0.407. The van der Waals surface area contributed by atoms with Gasteiger partial charge in [0, 0.05) is 19.8 Å². The first-order valence-corrected chi connectivity index (χ1v) is 11.3. The van der Waals surface area contributed by atoms with E-state index < -0.39 is 0 Å². The van der Waals surface area contributed by atoms with Crippen LogP contribution < -0.4 is 9.47 Å². The summed E-state index contributed by atoms with van der Waals surface area (Å²) in [5.41, 5.74) is 1.55. The minimum absolute atomic E-state index is 0.0258. The van der Waals surface area contributed by atoms with Gasteiger partial charge in [-0.15, -0.1) is 0 Å². The highest BCUT2D eigenvalue weighted by Gasteiger charge is 1.97. The van der Waals surface area contributed by atoms with E-state index in [9.17, 15) is 9.59 Å². The Kier molecular flexibility index (Phi) is 17.4. The van der Waals surface area contributed by atoms with Gasteiger partial charge in [-0.2, -0.15) is 0 Å². The first-order chi connectivity index (χ1) is 17.1. The van der Waals surface area contributed by atoms with Crippen LogP contribution in [-0.2, 0) is 23.7 Å². The molecule has 8 nitrogen and oxygen atoms in total. The zero-order valence-corrected chi connectivity index (χ0v) is 20.8. The molecule has 0 aliphatic carbocycles. The van der Waals surface area contributed by atoms with Gasteiger partial charge in [-0.25, -0.2) is 0 Å². The molecule has 8 heteroatoms. The van der Waals surface area contributed by atoms with E-state index in [0.29, 0.717) is 64.2 Å². The summed E-state index contributed by atoms with van der Waals surface area (Å²) in [5, 5.41) is 0. The van der Waals surface area contributed by atoms with E-state index in [-0.39, 0.29) is 5.78 Å². The Labute approximate surface area is 207 Å². The largest absolute Gasteiger partial charge is 0.491 e. The summed E-state index contributed by atoms with van der Waals surface area (Å²) in [6.07, 6.45) is 4.10. The summed E-state index contributed by atoms with van der Waals surface area (Å²) in [4.78, 5) is 21.4. The number of benzene rings is 2. The van der Waals surface area contributed by atoms with Crippen molar-refractivity contribution < 1.29 is 38.0 Å². The van der Waals surface area contributed by atoms with Gasteiger partial charge in [-0.05, 0) is 42.8 Å². The molecule has 0 aromatic heterocycles. The minimum atomic E-state index is 0.0258. The lowest BCUT2D eigenvalue weighted by Gasteiger charge is -2.07. The number of carbonyl (C=O) groups is 2. The first-order valence-electron chi connectivity index (χ1n) is 11.3. The molecule has 0 N–H and O–H groups in total. The van der Waals surface area contributed by atoms with E-state index in [4.69, 9.17) is 28.4 Å². The van der Waals surface area contributed by atoms with Crippen molar-refractivity contribution in [1.29, 1.82) is 0 Å². The number of aldehydes is 1. The third-order valence-corrected chi connectivity index (χ3v) is 4.22. The van der Waals surface area contributed by atoms with Gasteiger partial charge in [0.15, 0.2) is 5.78 Å². The van der Waals surface area contributed by atoms with Crippen LogP contribution in [-0.4, -0.2) is 79.1 Å². The average Bonchev–Trinajstić information content (AvgIpc) is 2.88. The van der Waals surface area contributed by atoms with Crippen molar-refractivity contribution in [2.45, 2.75) is 6.92 Å². The Morgan fingerprint density at radius 2 is 1.20 bits per heavy atom. The molecule has 0 heterocycles. The van der Waals surface area contributed by atoms with Crippen LogP contribution in [0.1, 0.15) is 22.8 Å². The molecule has 0 amide bonds. The van der Waals surface area contributed by atoms with Crippen molar-refractivity contribution in [2.75, 3.05) is 67.1 Å². The maximum Gasteiger partial charge on any atom is 0.152 e. The van der Waals surface area contributed by atoms with Gasteiger partial charge in [0.1, 0.15) is 31.0 Å². The van der Waals surface area contributed by atoms with Gasteiger partial charge >= 0.3 is 0 Å². The fourth-order valence-electron chi connectivity index (χ4n) is 2.52. The second-order valence-electron chi connectivity index (χ2n) is 7.11. The summed E-state index contributed by atoms with van der Waals surface area (Å²) in [6, 6.07) is 14.6. The number of ether oxygens (including phenoxy) is 6. The van der Waals surface area contributed by atoms with E-state index in [1.165, 1.54) is 13.0 Å². The van der Waals surface area contributed by atoms with Gasteiger partial charge in [0.25, 0.3) is 0 Å². The maximum atomic E-state index is 10.9. The van der Waals surface area contributed by atoms with E-state index in [2.05, 4.69) is 0 Å². The number of rotatable bonds is 17. The van der Waals surface area contributed by atoms with Gasteiger partial charge in [-0.3, -0.25) is 9.59 Å². The van der Waals surface area contributed by atoms with Crippen LogP contribution in [0, 0.1) is 0 Å². The molecule has 0 fully saturated rings. The van der Waals surface area contributed by atoms with E-state index >= 15 is 0 Å². The molecule has 2 aromatic rings. The quantitative estimate of drug-likeness (QED) is 0.188. The van der Waals surface area contributed by atoms with Crippen LogP contribution in [0.15, 0.2) is 54.6 Å². The van der Waals surface area contributed by atoms with Gasteiger partial charge in [0.05, 0.1) is 39.6 Å². The van der Waals surface area contributed by atoms with E-state index in [1.807, 2.05) is 30.3 Å². The molecule has 0 atom stereocenters. The topological polar surface area (TPSA) is 89.5 Å². The van der Waals surface area contributed by atoms with Crippen LogP contribution in [0.4, 0.5) is 0 Å². The average molecular weight is 489 g/mol. The molecule has 0 radical (unpaired) electrons. The molecule has 0 unspecified atom stereocenters. The Bertz CT molecular complexity index is 866. The minimum Gasteiger partial charge on any atom is -0.491 e. The number of carbonyl (C=O) groups excluding carboxylic acids is 2. The summed E-state index contributed by atoms with van der Waals surface area (Å²) in [7, 11) is 3.27. The highest BCUT2D eigenvalue weighted by Crippen LogP contribution is 2.14. The van der Waals surface area contributed by atoms with Crippen molar-refractivity contribution in [1.82, 2.24) is 0 Å². The smallest absolute Gasteiger partial charge is 0.152 e. The molecule has 2 rings (SSSR count). The van der Waals surface area contributed by atoms with E-state index in [1.54, 1.807) is 38.5 Å². The molecular weight excluding hydrogens is 452 g/mol. The molecule has 2 aromatic carbocycles. The van der Waals surface area contributed by atoms with Crippen molar-refractivity contribution in [3.8, 4) is 11.5 Å². The molecule has 0 spiro atoms. The number of ketones is 1. The predicted octanol–water partition coefficient (Wildman–Crippen LogP) is 3.87. The Hall–Kier alpha value is -3.04. The van der Waals surface area contributed by atoms with Crippen LogP contribution in [0.5, 0.6) is 11.5 Å². The second kappa shape index (κ2) is 20.3. The standard InChI is InChI=1S/C15H20O4.C12H16O4/c1-13(16)6-7-14-4-3-5-15(12-14)19-11-10-18-9-8-17-2;1-14-5-6-15-7-8-16-12-4-2-3-11(9-12)10-13/h3-7,12H,8-11H2,1-2H3;2-4,9-10H,5-8H2,1H3. The second-order valence-corrected chi connectivity index (χ2v) is 7.11. The molecule has 0 aliphatic heterocycles. The maximum absolute atomic E-state index is 10.9. The predicted molar refractivity (Wildman–Crippen MR) is 134 cm³/mol. The van der Waals surface area contributed by atoms with Crippen molar-refractivity contribution in [3.05, 3.63) is 65.7 Å². The van der Waals surface area contributed by atoms with Crippen molar-refractivity contribution in [2.24, 2.45) is 0 Å². The number of hydrogen-bond acceptors (Lipinski definition) is 8. The summed E-state index contributed by atoms with van der Waals surface area (Å²) in [6.45, 7) is 5.82. The SMILES string of the molecule is COCCOCCOc1cccc(C=CC(C)=O)c1.COCCOCCOc1cccc(C=O)c1. The lowest BCUT2D eigenvalue weighted by Crippen LogP contribution is -2.10. The lowest BCUT2D eigenvalue weighted by molar-refractivity contribution is -0.112. The zero-order valence-electron chi connectivity index (χ0n) is 20.8. The summed E-state index contributed by atoms with van der Waals surface area (Å²) < 4.78 is 31.2. The highest BCUT2D eigenvalue weighted by molar-refractivity contribution is 5.91. The third-order valence-electron chi connectivity index (χ3n) is 4.22. The van der Waals surface area contributed by atoms with Gasteiger partial charge in [0.2, 0.25) is 0 Å². The van der Waals surface area contributed by atoms with Crippen LogP contribution >= 0.6 is 0 Å². The van der Waals surface area contributed by atoms with Crippen LogP contribution in [0.25, 0.3) is 6.08 Å². The van der Waals surface area contributed by atoms with Crippen LogP contribution in [0.3, 0.4) is 0 Å². The molecule has 35 heavy (non-hydrogen) atoms. The van der Waals surface area contributed by atoms with Gasteiger partial charge < -0.3 is 28.4 Å². The summed E-state index contributed by atoms with van der Waals surface area (Å²) in [5.74, 6) is 1.47. The molecule has 0 saturated heterocycles. The van der Waals surface area contributed by atoms with Crippen LogP contribution in [0.2, 0.25) is 0 Å². The molecular formula is C27H36O8. The number of methoxy groups -OCH3 is 2. The van der Waals surface area contributed by atoms with E-state index in [0.717, 1.165) is 17.6 Å². The van der Waals surface area contributed by atoms with Crippen molar-refractivity contribution in [3.63, 3.8) is 0 Å². The third kappa shape index (κ3) is 16.3. The lowest BCUT2D eigenvalue weighted by atomic mass is 10.2. The first kappa shape index (κ1) is 30.0. The summed E-state index contributed by atoms with van der Waals surface area (Å²) >= 11 is 0. The normalized spacial score (nSPS) is 10.5. The number of allylic oxidation sites excluding steroid dienone is 1. The molecule has 0 saturated carbocycles. The number of hydrogen-bond donors (Lipinski definition) is 0. The Morgan fingerprint density at radius 1 is 0.714 bits per heavy atom. The van der Waals surface area contributed by atoms with Crippen molar-refractivity contribution >= 4 is 18.1 Å². The molecule has 0 bridgehead atoms.